The summed E-state index contributed by atoms with van der Waals surface area (Å²) in [7, 11) is 0. The van der Waals surface area contributed by atoms with E-state index in [9.17, 15) is 4.79 Å². The van der Waals surface area contributed by atoms with Gasteiger partial charge in [0.05, 0.1) is 11.6 Å². The van der Waals surface area contributed by atoms with Gasteiger partial charge in [0, 0.05) is 6.04 Å². The van der Waals surface area contributed by atoms with E-state index < -0.39 is 0 Å². The molecule has 4 heteroatoms. The van der Waals surface area contributed by atoms with E-state index in [0.29, 0.717) is 17.2 Å². The molecule has 1 aromatic carbocycles. The molecular formula is C14H18N2O2. The maximum atomic E-state index is 11.6. The molecule has 0 aliphatic carbocycles. The van der Waals surface area contributed by atoms with Crippen molar-refractivity contribution in [3.05, 3.63) is 29.8 Å². The van der Waals surface area contributed by atoms with Crippen LogP contribution in [-0.2, 0) is 4.79 Å². The highest BCUT2D eigenvalue weighted by Crippen LogP contribution is 2.11. The van der Waals surface area contributed by atoms with Crippen molar-refractivity contribution >= 4 is 5.91 Å². The van der Waals surface area contributed by atoms with E-state index in [1.807, 2.05) is 26.8 Å². The summed E-state index contributed by atoms with van der Waals surface area (Å²) < 4.78 is 5.33. The van der Waals surface area contributed by atoms with Crippen molar-refractivity contribution in [1.29, 1.82) is 5.26 Å². The van der Waals surface area contributed by atoms with Crippen LogP contribution in [0.2, 0.25) is 0 Å². The molecule has 0 radical (unpaired) electrons. The van der Waals surface area contributed by atoms with E-state index in [0.717, 1.165) is 0 Å². The van der Waals surface area contributed by atoms with Gasteiger partial charge in [-0.15, -0.1) is 0 Å². The number of ether oxygens (including phenoxy) is 1. The number of carbonyl (C=O) groups excluding carboxylic acids is 1. The summed E-state index contributed by atoms with van der Waals surface area (Å²) in [6.07, 6.45) is 0. The lowest BCUT2D eigenvalue weighted by Gasteiger charge is -2.17. The summed E-state index contributed by atoms with van der Waals surface area (Å²) in [5.74, 6) is 0.839. The Balaban J connectivity index is 2.40. The van der Waals surface area contributed by atoms with Crippen LogP contribution in [0, 0.1) is 17.2 Å². The van der Waals surface area contributed by atoms with Gasteiger partial charge in [0.2, 0.25) is 0 Å². The minimum absolute atomic E-state index is 0.0110. The lowest BCUT2D eigenvalue weighted by atomic mass is 10.1. The first kappa shape index (κ1) is 14.0. The summed E-state index contributed by atoms with van der Waals surface area (Å²) in [5.41, 5.74) is 0.570. The molecular weight excluding hydrogens is 228 g/mol. The van der Waals surface area contributed by atoms with E-state index in [1.165, 1.54) is 0 Å². The monoisotopic (exact) mass is 246 g/mol. The SMILES string of the molecule is CC(C)[C@@H](C)NC(=O)COc1ccc(C#N)cc1. The van der Waals surface area contributed by atoms with Crippen LogP contribution in [0.1, 0.15) is 26.3 Å². The molecule has 1 aromatic rings. The quantitative estimate of drug-likeness (QED) is 0.865. The predicted molar refractivity (Wildman–Crippen MR) is 69.1 cm³/mol. The molecule has 0 unspecified atom stereocenters. The van der Waals surface area contributed by atoms with E-state index in [2.05, 4.69) is 5.32 Å². The molecule has 1 amide bonds. The second kappa shape index (κ2) is 6.65. The second-order valence-corrected chi connectivity index (χ2v) is 4.53. The number of hydrogen-bond donors (Lipinski definition) is 1. The van der Waals surface area contributed by atoms with Crippen molar-refractivity contribution in [1.82, 2.24) is 5.32 Å². The molecule has 0 heterocycles. The highest BCUT2D eigenvalue weighted by Gasteiger charge is 2.10. The number of hydrogen-bond acceptors (Lipinski definition) is 3. The molecule has 18 heavy (non-hydrogen) atoms. The van der Waals surface area contributed by atoms with Gasteiger partial charge in [-0.25, -0.2) is 0 Å². The van der Waals surface area contributed by atoms with Gasteiger partial charge in [-0.3, -0.25) is 4.79 Å². The van der Waals surface area contributed by atoms with Crippen LogP contribution >= 0.6 is 0 Å². The summed E-state index contributed by atoms with van der Waals surface area (Å²) in [6.45, 7) is 6.05. The molecule has 0 bridgehead atoms. The molecule has 0 fully saturated rings. The van der Waals surface area contributed by atoms with Crippen LogP contribution in [0.25, 0.3) is 0 Å². The highest BCUT2D eigenvalue weighted by molar-refractivity contribution is 5.77. The first-order chi connectivity index (χ1) is 8.52. The third kappa shape index (κ3) is 4.46. The molecule has 96 valence electrons. The number of amides is 1. The fraction of sp³-hybridized carbons (Fsp3) is 0.429. The van der Waals surface area contributed by atoms with Crippen molar-refractivity contribution in [2.45, 2.75) is 26.8 Å². The third-order valence-corrected chi connectivity index (χ3v) is 2.74. The Hall–Kier alpha value is -2.02. The zero-order chi connectivity index (χ0) is 13.5. The maximum absolute atomic E-state index is 11.6. The van der Waals surface area contributed by atoms with Gasteiger partial charge in [-0.05, 0) is 37.1 Å². The van der Waals surface area contributed by atoms with Gasteiger partial charge >= 0.3 is 0 Å². The Labute approximate surface area is 108 Å². The third-order valence-electron chi connectivity index (χ3n) is 2.74. The first-order valence-electron chi connectivity index (χ1n) is 5.95. The Morgan fingerprint density at radius 1 is 1.33 bits per heavy atom. The van der Waals surface area contributed by atoms with E-state index in [4.69, 9.17) is 10.00 Å². The van der Waals surface area contributed by atoms with Crippen LogP contribution < -0.4 is 10.1 Å². The summed E-state index contributed by atoms with van der Waals surface area (Å²) in [6, 6.07) is 8.82. The van der Waals surface area contributed by atoms with Gasteiger partial charge in [0.1, 0.15) is 5.75 Å². The number of benzene rings is 1. The van der Waals surface area contributed by atoms with Gasteiger partial charge in [0.15, 0.2) is 6.61 Å². The van der Waals surface area contributed by atoms with Crippen molar-refractivity contribution < 1.29 is 9.53 Å². The molecule has 0 saturated carbocycles. The molecule has 0 aliphatic rings. The first-order valence-corrected chi connectivity index (χ1v) is 5.95. The Morgan fingerprint density at radius 2 is 1.94 bits per heavy atom. The van der Waals surface area contributed by atoms with Gasteiger partial charge < -0.3 is 10.1 Å². The molecule has 0 aromatic heterocycles. The predicted octanol–water partition coefficient (Wildman–Crippen LogP) is 2.10. The summed E-state index contributed by atoms with van der Waals surface area (Å²) in [4.78, 5) is 11.6. The normalized spacial score (nSPS) is 11.7. The average molecular weight is 246 g/mol. The van der Waals surface area contributed by atoms with Gasteiger partial charge in [-0.1, -0.05) is 13.8 Å². The lowest BCUT2D eigenvalue weighted by Crippen LogP contribution is -2.38. The van der Waals surface area contributed by atoms with E-state index >= 15 is 0 Å². The lowest BCUT2D eigenvalue weighted by molar-refractivity contribution is -0.124. The van der Waals surface area contributed by atoms with Gasteiger partial charge in [-0.2, -0.15) is 5.26 Å². The fourth-order valence-corrected chi connectivity index (χ4v) is 1.24. The van der Waals surface area contributed by atoms with Crippen molar-refractivity contribution in [2.24, 2.45) is 5.92 Å². The fourth-order valence-electron chi connectivity index (χ4n) is 1.24. The highest BCUT2D eigenvalue weighted by atomic mass is 16.5. The largest absolute Gasteiger partial charge is 0.484 e. The Kier molecular flexibility index (Phi) is 5.19. The molecule has 0 saturated heterocycles. The number of rotatable bonds is 5. The number of nitriles is 1. The number of nitrogens with zero attached hydrogens (tertiary/aromatic N) is 1. The van der Waals surface area contributed by atoms with Crippen LogP contribution in [0.4, 0.5) is 0 Å². The van der Waals surface area contributed by atoms with Crippen molar-refractivity contribution in [3.63, 3.8) is 0 Å². The zero-order valence-electron chi connectivity index (χ0n) is 10.9. The average Bonchev–Trinajstić information content (AvgIpc) is 2.36. The van der Waals surface area contributed by atoms with Crippen molar-refractivity contribution in [3.8, 4) is 11.8 Å². The summed E-state index contributed by atoms with van der Waals surface area (Å²) >= 11 is 0. The summed E-state index contributed by atoms with van der Waals surface area (Å²) in [5, 5.41) is 11.5. The molecule has 1 atom stereocenters. The Morgan fingerprint density at radius 3 is 2.44 bits per heavy atom. The minimum Gasteiger partial charge on any atom is -0.484 e. The molecule has 1 N–H and O–H groups in total. The molecule has 0 spiro atoms. The van der Waals surface area contributed by atoms with E-state index in [-0.39, 0.29) is 18.6 Å². The van der Waals surface area contributed by atoms with Crippen molar-refractivity contribution in [2.75, 3.05) is 6.61 Å². The molecule has 0 aliphatic heterocycles. The second-order valence-electron chi connectivity index (χ2n) is 4.53. The Bertz CT molecular complexity index is 432. The molecule has 1 rings (SSSR count). The van der Waals surface area contributed by atoms with Gasteiger partial charge in [0.25, 0.3) is 5.91 Å². The van der Waals surface area contributed by atoms with E-state index in [1.54, 1.807) is 24.3 Å². The number of nitrogens with one attached hydrogen (secondary N) is 1. The standard InChI is InChI=1S/C14H18N2O2/c1-10(2)11(3)16-14(17)9-18-13-6-4-12(8-15)5-7-13/h4-7,10-11H,9H2,1-3H3,(H,16,17)/t11-/m1/s1. The maximum Gasteiger partial charge on any atom is 0.258 e. The smallest absolute Gasteiger partial charge is 0.258 e. The number of carbonyl (C=O) groups is 1. The topological polar surface area (TPSA) is 62.1 Å². The molecule has 4 nitrogen and oxygen atoms in total. The van der Waals surface area contributed by atoms with Crippen LogP contribution in [0.15, 0.2) is 24.3 Å². The van der Waals surface area contributed by atoms with Crippen LogP contribution in [-0.4, -0.2) is 18.6 Å². The minimum atomic E-state index is -0.138. The van der Waals surface area contributed by atoms with Crippen LogP contribution in [0.3, 0.4) is 0 Å². The zero-order valence-corrected chi connectivity index (χ0v) is 10.9. The van der Waals surface area contributed by atoms with Crippen LogP contribution in [0.5, 0.6) is 5.75 Å².